The fraction of sp³-hybridized carbons (Fsp3) is 1.00. The van der Waals surface area contributed by atoms with Gasteiger partial charge in [-0.15, -0.1) is 0 Å². The van der Waals surface area contributed by atoms with E-state index >= 15 is 0 Å². The van der Waals surface area contributed by atoms with Gasteiger partial charge in [0.1, 0.15) is 0 Å². The molecule has 0 heterocycles. The number of hydrogen-bond acceptors (Lipinski definition) is 0. The summed E-state index contributed by atoms with van der Waals surface area (Å²) in [5.74, 6) is -49.2. The minimum absolute atomic E-state index is 0. The van der Waals surface area contributed by atoms with Gasteiger partial charge in [-0.3, -0.25) is 0 Å². The topological polar surface area (TPSA) is 0 Å². The summed E-state index contributed by atoms with van der Waals surface area (Å²) in [6.45, 7) is 0. The SMILES string of the molecule is FC(F)C(F)(F)C(F)(F)C(F)(F)C(F)(F)C(F)(F)C(F)(F)C(F)(F)F.[LiH]. The molecule has 18 heteroatoms. The molecule has 26 heavy (non-hydrogen) atoms. The van der Waals surface area contributed by atoms with Gasteiger partial charge in [-0.2, -0.15) is 65.9 Å². The zero-order valence-corrected chi connectivity index (χ0v) is 10.5. The fourth-order valence-corrected chi connectivity index (χ4v) is 1.12. The zero-order chi connectivity index (χ0) is 21.1. The molecule has 154 valence electrons. The summed E-state index contributed by atoms with van der Waals surface area (Å²) in [4.78, 5) is 0. The molecule has 0 unspecified atom stereocenters. The van der Waals surface area contributed by atoms with Crippen LogP contribution in [-0.2, 0) is 0 Å². The van der Waals surface area contributed by atoms with Crippen LogP contribution in [0.3, 0.4) is 0 Å². The summed E-state index contributed by atoms with van der Waals surface area (Å²) in [7, 11) is 0. The normalized spacial score (nSPS) is 15.9. The van der Waals surface area contributed by atoms with Gasteiger partial charge < -0.3 is 0 Å². The van der Waals surface area contributed by atoms with Gasteiger partial charge in [-0.05, 0) is 0 Å². The Morgan fingerprint density at radius 1 is 0.385 bits per heavy atom. The average Bonchev–Trinajstić information content (AvgIpc) is 2.35. The predicted molar refractivity (Wildman–Crippen MR) is 48.9 cm³/mol. The molecule has 0 fully saturated rings. The molecular weight excluding hydrogens is 426 g/mol. The Morgan fingerprint density at radius 2 is 0.615 bits per heavy atom. The van der Waals surface area contributed by atoms with Crippen LogP contribution in [0, 0.1) is 0 Å². The van der Waals surface area contributed by atoms with E-state index in [2.05, 4.69) is 0 Å². The van der Waals surface area contributed by atoms with Crippen molar-refractivity contribution < 1.29 is 74.6 Å². The average molecular weight is 428 g/mol. The van der Waals surface area contributed by atoms with Crippen molar-refractivity contribution in [2.45, 2.75) is 48.1 Å². The van der Waals surface area contributed by atoms with Crippen molar-refractivity contribution in [3.63, 3.8) is 0 Å². The Hall–Kier alpha value is -0.593. The molecule has 0 spiro atoms. The molecule has 0 atom stereocenters. The van der Waals surface area contributed by atoms with Crippen LogP contribution in [0.2, 0.25) is 0 Å². The predicted octanol–water partition coefficient (Wildman–Crippen LogP) is 4.98. The molecule has 0 amide bonds. The van der Waals surface area contributed by atoms with E-state index in [1.54, 1.807) is 0 Å². The standard InChI is InChI=1S/C8HF17.Li.H/c9-1(10)2(11,12)3(13,14)4(15,16)5(17,18)6(19,20)7(21,22)8(23,24)25;;/h1H;;. The van der Waals surface area contributed by atoms with Gasteiger partial charge in [-0.25, -0.2) is 8.78 Å². The summed E-state index contributed by atoms with van der Waals surface area (Å²) in [6, 6.07) is 0. The molecule has 0 aliphatic rings. The molecule has 0 aromatic carbocycles. The third kappa shape index (κ3) is 3.33. The van der Waals surface area contributed by atoms with Crippen LogP contribution in [-0.4, -0.2) is 67.0 Å². The van der Waals surface area contributed by atoms with Gasteiger partial charge in [0, 0.05) is 0 Å². The molecule has 0 aliphatic carbocycles. The van der Waals surface area contributed by atoms with Crippen LogP contribution < -0.4 is 0 Å². The van der Waals surface area contributed by atoms with Gasteiger partial charge >= 0.3 is 67.0 Å². The van der Waals surface area contributed by atoms with Gasteiger partial charge in [0.2, 0.25) is 0 Å². The summed E-state index contributed by atoms with van der Waals surface area (Å²) in [5, 5.41) is 0. The monoisotopic (exact) mass is 428 g/mol. The van der Waals surface area contributed by atoms with E-state index < -0.39 is 48.1 Å². The second kappa shape index (κ2) is 6.78. The first-order chi connectivity index (χ1) is 10.4. The first-order valence-electron chi connectivity index (χ1n) is 5.06. The molecule has 0 N–H and O–H groups in total. The van der Waals surface area contributed by atoms with Crippen LogP contribution >= 0.6 is 0 Å². The van der Waals surface area contributed by atoms with Crippen LogP contribution in [0.15, 0.2) is 0 Å². The third-order valence-electron chi connectivity index (χ3n) is 2.63. The first kappa shape index (κ1) is 27.6. The molecule has 0 aliphatic heterocycles. The molecule has 0 aromatic heterocycles. The number of halogens is 17. The molecule has 0 bridgehead atoms. The summed E-state index contributed by atoms with van der Waals surface area (Å²) in [6.07, 6.45) is -13.6. The molecule has 0 nitrogen and oxygen atoms in total. The second-order valence-electron chi connectivity index (χ2n) is 4.29. The maximum atomic E-state index is 12.8. The Morgan fingerprint density at radius 3 is 0.846 bits per heavy atom. The summed E-state index contributed by atoms with van der Waals surface area (Å²) < 4.78 is 209. The Labute approximate surface area is 142 Å². The molecule has 0 rings (SSSR count). The van der Waals surface area contributed by atoms with Crippen LogP contribution in [0.4, 0.5) is 74.6 Å². The van der Waals surface area contributed by atoms with Crippen LogP contribution in [0.1, 0.15) is 0 Å². The van der Waals surface area contributed by atoms with Gasteiger partial charge in [0.25, 0.3) is 0 Å². The van der Waals surface area contributed by atoms with Crippen LogP contribution in [0.25, 0.3) is 0 Å². The number of rotatable bonds is 6. The van der Waals surface area contributed by atoms with Crippen molar-refractivity contribution in [1.29, 1.82) is 0 Å². The number of hydrogen-bond donors (Lipinski definition) is 0. The van der Waals surface area contributed by atoms with Gasteiger partial charge in [-0.1, -0.05) is 0 Å². The molecule has 0 radical (unpaired) electrons. The zero-order valence-electron chi connectivity index (χ0n) is 10.5. The quantitative estimate of drug-likeness (QED) is 0.414. The summed E-state index contributed by atoms with van der Waals surface area (Å²) in [5.41, 5.74) is 0. The Balaban J connectivity index is 0. The van der Waals surface area contributed by atoms with E-state index in [1.807, 2.05) is 0 Å². The Kier molecular flexibility index (Phi) is 7.21. The van der Waals surface area contributed by atoms with Crippen LogP contribution in [0.5, 0.6) is 0 Å². The Bertz CT molecular complexity index is 487. The van der Waals surface area contributed by atoms with E-state index in [0.29, 0.717) is 0 Å². The molecule has 0 saturated carbocycles. The molecule has 0 aromatic rings. The molecule has 0 saturated heterocycles. The van der Waals surface area contributed by atoms with Gasteiger partial charge in [0.15, 0.2) is 0 Å². The maximum absolute atomic E-state index is 12.8. The van der Waals surface area contributed by atoms with E-state index in [-0.39, 0.29) is 18.9 Å². The van der Waals surface area contributed by atoms with Crippen molar-refractivity contribution in [3.05, 3.63) is 0 Å². The van der Waals surface area contributed by atoms with E-state index in [0.717, 1.165) is 0 Å². The van der Waals surface area contributed by atoms with Gasteiger partial charge in [0.05, 0.1) is 0 Å². The third-order valence-corrected chi connectivity index (χ3v) is 2.63. The van der Waals surface area contributed by atoms with E-state index in [9.17, 15) is 74.6 Å². The minimum atomic E-state index is -8.54. The summed E-state index contributed by atoms with van der Waals surface area (Å²) >= 11 is 0. The first-order valence-corrected chi connectivity index (χ1v) is 5.06. The van der Waals surface area contributed by atoms with Crippen molar-refractivity contribution in [3.8, 4) is 0 Å². The van der Waals surface area contributed by atoms with E-state index in [1.165, 1.54) is 0 Å². The van der Waals surface area contributed by atoms with Crippen molar-refractivity contribution in [1.82, 2.24) is 0 Å². The second-order valence-corrected chi connectivity index (χ2v) is 4.29. The van der Waals surface area contributed by atoms with Crippen molar-refractivity contribution in [2.75, 3.05) is 0 Å². The van der Waals surface area contributed by atoms with Crippen molar-refractivity contribution in [2.24, 2.45) is 0 Å². The fourth-order valence-electron chi connectivity index (χ4n) is 1.12. The van der Waals surface area contributed by atoms with E-state index in [4.69, 9.17) is 0 Å². The number of alkyl halides is 17. The molecular formula is C8H2F17Li. The van der Waals surface area contributed by atoms with Crippen molar-refractivity contribution >= 4 is 18.9 Å².